The second kappa shape index (κ2) is 7.51. The first kappa shape index (κ1) is 15.1. The SMILES string of the molecule is COc1cccc(OC(C)CN=C(N)NC(C)C)c1. The van der Waals surface area contributed by atoms with Gasteiger partial charge in [0, 0.05) is 12.1 Å². The van der Waals surface area contributed by atoms with Crippen LogP contribution in [0.25, 0.3) is 0 Å². The van der Waals surface area contributed by atoms with Crippen molar-refractivity contribution in [2.24, 2.45) is 10.7 Å². The van der Waals surface area contributed by atoms with Crippen LogP contribution >= 0.6 is 0 Å². The van der Waals surface area contributed by atoms with Gasteiger partial charge in [0.2, 0.25) is 0 Å². The van der Waals surface area contributed by atoms with Crippen molar-refractivity contribution in [2.75, 3.05) is 13.7 Å². The minimum absolute atomic E-state index is 0.0559. The summed E-state index contributed by atoms with van der Waals surface area (Å²) in [5.41, 5.74) is 5.73. The van der Waals surface area contributed by atoms with Crippen molar-refractivity contribution >= 4 is 5.96 Å². The summed E-state index contributed by atoms with van der Waals surface area (Å²) >= 11 is 0. The van der Waals surface area contributed by atoms with Crippen molar-refractivity contribution in [3.63, 3.8) is 0 Å². The smallest absolute Gasteiger partial charge is 0.188 e. The third-order valence-electron chi connectivity index (χ3n) is 2.33. The fourth-order valence-electron chi connectivity index (χ4n) is 1.51. The third-order valence-corrected chi connectivity index (χ3v) is 2.33. The Balaban J connectivity index is 2.48. The molecule has 1 atom stereocenters. The Bertz CT molecular complexity index is 419. The lowest BCUT2D eigenvalue weighted by Gasteiger charge is -2.14. The van der Waals surface area contributed by atoms with Crippen LogP contribution in [-0.2, 0) is 0 Å². The molecule has 106 valence electrons. The van der Waals surface area contributed by atoms with Gasteiger partial charge in [-0.2, -0.15) is 0 Å². The van der Waals surface area contributed by atoms with E-state index in [9.17, 15) is 0 Å². The largest absolute Gasteiger partial charge is 0.497 e. The Hall–Kier alpha value is -1.91. The van der Waals surface area contributed by atoms with Gasteiger partial charge >= 0.3 is 0 Å². The molecule has 5 heteroatoms. The molecule has 1 rings (SSSR count). The van der Waals surface area contributed by atoms with Gasteiger partial charge in [-0.3, -0.25) is 0 Å². The molecule has 0 heterocycles. The van der Waals surface area contributed by atoms with E-state index in [1.54, 1.807) is 7.11 Å². The zero-order chi connectivity index (χ0) is 14.3. The second-order valence-electron chi connectivity index (χ2n) is 4.63. The van der Waals surface area contributed by atoms with E-state index in [0.29, 0.717) is 12.5 Å². The van der Waals surface area contributed by atoms with Gasteiger partial charge in [0.1, 0.15) is 17.6 Å². The zero-order valence-corrected chi connectivity index (χ0v) is 12.0. The van der Waals surface area contributed by atoms with Crippen molar-refractivity contribution in [2.45, 2.75) is 32.9 Å². The third kappa shape index (κ3) is 5.99. The van der Waals surface area contributed by atoms with E-state index in [1.165, 1.54) is 0 Å². The molecular weight excluding hydrogens is 242 g/mol. The monoisotopic (exact) mass is 265 g/mol. The Labute approximate surface area is 114 Å². The molecule has 0 saturated carbocycles. The molecule has 1 aromatic carbocycles. The molecule has 0 aromatic heterocycles. The Morgan fingerprint density at radius 3 is 2.63 bits per heavy atom. The first-order chi connectivity index (χ1) is 9.01. The van der Waals surface area contributed by atoms with Gasteiger partial charge in [0.15, 0.2) is 5.96 Å². The summed E-state index contributed by atoms with van der Waals surface area (Å²) in [5, 5.41) is 3.03. The number of hydrogen-bond acceptors (Lipinski definition) is 3. The molecule has 5 nitrogen and oxygen atoms in total. The highest BCUT2D eigenvalue weighted by molar-refractivity contribution is 5.78. The van der Waals surface area contributed by atoms with Crippen LogP contribution in [0.2, 0.25) is 0 Å². The first-order valence-corrected chi connectivity index (χ1v) is 6.38. The number of hydrogen-bond donors (Lipinski definition) is 2. The van der Waals surface area contributed by atoms with E-state index < -0.39 is 0 Å². The number of methoxy groups -OCH3 is 1. The van der Waals surface area contributed by atoms with Gasteiger partial charge < -0.3 is 20.5 Å². The van der Waals surface area contributed by atoms with Crippen LogP contribution in [-0.4, -0.2) is 31.8 Å². The highest BCUT2D eigenvalue weighted by atomic mass is 16.5. The molecule has 0 spiro atoms. The highest BCUT2D eigenvalue weighted by Crippen LogP contribution is 2.19. The van der Waals surface area contributed by atoms with E-state index in [0.717, 1.165) is 11.5 Å². The maximum absolute atomic E-state index is 5.74. The molecule has 0 aliphatic rings. The van der Waals surface area contributed by atoms with E-state index in [1.807, 2.05) is 45.0 Å². The maximum Gasteiger partial charge on any atom is 0.188 e. The van der Waals surface area contributed by atoms with Crippen LogP contribution in [0.5, 0.6) is 11.5 Å². The maximum atomic E-state index is 5.74. The van der Waals surface area contributed by atoms with Crippen LogP contribution in [0.15, 0.2) is 29.3 Å². The Kier molecular flexibility index (Phi) is 5.99. The quantitative estimate of drug-likeness (QED) is 0.607. The summed E-state index contributed by atoms with van der Waals surface area (Å²) in [6.07, 6.45) is -0.0559. The van der Waals surface area contributed by atoms with Crippen molar-refractivity contribution in [3.8, 4) is 11.5 Å². The van der Waals surface area contributed by atoms with Gasteiger partial charge in [-0.15, -0.1) is 0 Å². The first-order valence-electron chi connectivity index (χ1n) is 6.38. The van der Waals surface area contributed by atoms with Crippen molar-refractivity contribution in [1.29, 1.82) is 0 Å². The van der Waals surface area contributed by atoms with Gasteiger partial charge in [-0.1, -0.05) is 6.07 Å². The fraction of sp³-hybridized carbons (Fsp3) is 0.500. The Morgan fingerprint density at radius 2 is 2.00 bits per heavy atom. The van der Waals surface area contributed by atoms with Gasteiger partial charge in [-0.25, -0.2) is 4.99 Å². The summed E-state index contributed by atoms with van der Waals surface area (Å²) in [5.74, 6) is 1.97. The molecule has 19 heavy (non-hydrogen) atoms. The summed E-state index contributed by atoms with van der Waals surface area (Å²) in [4.78, 5) is 4.23. The van der Waals surface area contributed by atoms with E-state index in [4.69, 9.17) is 15.2 Å². The van der Waals surface area contributed by atoms with Crippen LogP contribution in [0.1, 0.15) is 20.8 Å². The number of benzene rings is 1. The molecule has 0 fully saturated rings. The van der Waals surface area contributed by atoms with E-state index in [-0.39, 0.29) is 12.1 Å². The minimum Gasteiger partial charge on any atom is -0.497 e. The molecule has 0 amide bonds. The summed E-state index contributed by atoms with van der Waals surface area (Å²) in [6, 6.07) is 7.77. The van der Waals surface area contributed by atoms with Gasteiger partial charge in [-0.05, 0) is 32.9 Å². The summed E-state index contributed by atoms with van der Waals surface area (Å²) in [7, 11) is 1.63. The number of aliphatic imine (C=N–C) groups is 1. The van der Waals surface area contributed by atoms with Crippen LogP contribution in [0.3, 0.4) is 0 Å². The average Bonchev–Trinajstić information content (AvgIpc) is 2.36. The van der Waals surface area contributed by atoms with Crippen LogP contribution in [0.4, 0.5) is 0 Å². The lowest BCUT2D eigenvalue weighted by atomic mass is 10.3. The van der Waals surface area contributed by atoms with E-state index in [2.05, 4.69) is 10.3 Å². The zero-order valence-electron chi connectivity index (χ0n) is 12.0. The molecule has 0 aliphatic carbocycles. The van der Waals surface area contributed by atoms with Crippen molar-refractivity contribution in [3.05, 3.63) is 24.3 Å². The minimum atomic E-state index is -0.0559. The number of rotatable bonds is 6. The predicted octanol–water partition coefficient (Wildman–Crippen LogP) is 1.78. The normalized spacial score (nSPS) is 13.2. The molecule has 3 N–H and O–H groups in total. The van der Waals surface area contributed by atoms with E-state index >= 15 is 0 Å². The van der Waals surface area contributed by atoms with Crippen LogP contribution < -0.4 is 20.5 Å². The summed E-state index contributed by atoms with van der Waals surface area (Å²) in [6.45, 7) is 6.48. The predicted molar refractivity (Wildman–Crippen MR) is 77.8 cm³/mol. The number of nitrogens with zero attached hydrogens (tertiary/aromatic N) is 1. The number of nitrogens with one attached hydrogen (secondary N) is 1. The lowest BCUT2D eigenvalue weighted by Crippen LogP contribution is -2.37. The second-order valence-corrected chi connectivity index (χ2v) is 4.63. The van der Waals surface area contributed by atoms with Gasteiger partial charge in [0.25, 0.3) is 0 Å². The molecule has 0 radical (unpaired) electrons. The summed E-state index contributed by atoms with van der Waals surface area (Å²) < 4.78 is 10.9. The highest BCUT2D eigenvalue weighted by Gasteiger charge is 2.05. The molecule has 1 aromatic rings. The van der Waals surface area contributed by atoms with Gasteiger partial charge in [0.05, 0.1) is 13.7 Å². The number of nitrogens with two attached hydrogens (primary N) is 1. The Morgan fingerprint density at radius 1 is 1.32 bits per heavy atom. The molecular formula is C14H23N3O2. The van der Waals surface area contributed by atoms with Crippen molar-refractivity contribution < 1.29 is 9.47 Å². The molecule has 0 aliphatic heterocycles. The fourth-order valence-corrected chi connectivity index (χ4v) is 1.51. The molecule has 0 saturated heterocycles. The molecule has 1 unspecified atom stereocenters. The standard InChI is InChI=1S/C14H23N3O2/c1-10(2)17-14(15)16-9-11(3)19-13-7-5-6-12(8-13)18-4/h5-8,10-11H,9H2,1-4H3,(H3,15,16,17). The van der Waals surface area contributed by atoms with Crippen LogP contribution in [0, 0.1) is 0 Å². The number of guanidine groups is 1. The van der Waals surface area contributed by atoms with Crippen molar-refractivity contribution in [1.82, 2.24) is 5.32 Å². The molecule has 0 bridgehead atoms. The average molecular weight is 265 g/mol. The topological polar surface area (TPSA) is 68.9 Å². The number of ether oxygens (including phenoxy) is 2. The lowest BCUT2D eigenvalue weighted by molar-refractivity contribution is 0.229.